The van der Waals surface area contributed by atoms with E-state index in [1.807, 2.05) is 30.6 Å². The lowest BCUT2D eigenvalue weighted by atomic mass is 10.1. The number of piperazine rings is 1. The highest BCUT2D eigenvalue weighted by Gasteiger charge is 2.45. The van der Waals surface area contributed by atoms with E-state index in [1.165, 1.54) is 4.57 Å². The van der Waals surface area contributed by atoms with Crippen LogP contribution in [0.5, 0.6) is 0 Å². The number of carbonyl (C=O) groups is 1. The number of aryl methyl sites for hydroxylation is 1. The van der Waals surface area contributed by atoms with E-state index in [4.69, 9.17) is 16.3 Å². The molecular formula is C21H24ClN5O3. The second-order valence-corrected chi connectivity index (χ2v) is 9.27. The van der Waals surface area contributed by atoms with Gasteiger partial charge in [0.15, 0.2) is 0 Å². The van der Waals surface area contributed by atoms with E-state index in [0.29, 0.717) is 35.0 Å². The molecule has 0 radical (unpaired) electrons. The minimum Gasteiger partial charge on any atom is -0.444 e. The first kappa shape index (κ1) is 20.5. The maximum absolute atomic E-state index is 12.8. The Morgan fingerprint density at radius 2 is 1.90 bits per heavy atom. The summed E-state index contributed by atoms with van der Waals surface area (Å²) < 4.78 is 7.02. The molecule has 0 unspecified atom stereocenters. The SMILES string of the molecule is Cn1c(=O)c(C#N)c(N2C[C@@H]3CC[C@@H](C2)N3C(=O)OC(C)(C)C)c2nc(Cl)ccc21. The Balaban J connectivity index is 1.76. The molecule has 1 amide bonds. The number of pyridine rings is 2. The van der Waals surface area contributed by atoms with Crippen molar-refractivity contribution >= 4 is 34.4 Å². The number of fused-ring (bicyclic) bond motifs is 3. The molecule has 0 aliphatic carbocycles. The number of carbonyl (C=O) groups excluding carboxylic acids is 1. The Labute approximate surface area is 179 Å². The third-order valence-corrected chi connectivity index (χ3v) is 5.91. The smallest absolute Gasteiger partial charge is 0.410 e. The van der Waals surface area contributed by atoms with Crippen molar-refractivity contribution in [1.29, 1.82) is 5.26 Å². The quantitative estimate of drug-likeness (QED) is 0.647. The number of ether oxygens (including phenoxy) is 1. The molecule has 158 valence electrons. The first-order valence-corrected chi connectivity index (χ1v) is 10.3. The second-order valence-electron chi connectivity index (χ2n) is 8.88. The van der Waals surface area contributed by atoms with Gasteiger partial charge in [-0.25, -0.2) is 9.78 Å². The van der Waals surface area contributed by atoms with E-state index < -0.39 is 5.60 Å². The fourth-order valence-corrected chi connectivity index (χ4v) is 4.62. The van der Waals surface area contributed by atoms with Crippen LogP contribution in [0, 0.1) is 11.3 Å². The van der Waals surface area contributed by atoms with E-state index in [9.17, 15) is 14.9 Å². The molecule has 2 aliphatic heterocycles. The Kier molecular flexibility index (Phi) is 4.89. The number of anilines is 1. The number of hydrogen-bond acceptors (Lipinski definition) is 6. The van der Waals surface area contributed by atoms with Crippen LogP contribution in [0.4, 0.5) is 10.5 Å². The van der Waals surface area contributed by atoms with E-state index in [-0.39, 0.29) is 29.3 Å². The predicted octanol–water partition coefficient (Wildman–Crippen LogP) is 3.05. The Hall–Kier alpha value is -2.79. The Bertz CT molecular complexity index is 1120. The van der Waals surface area contributed by atoms with Gasteiger partial charge in [0.1, 0.15) is 27.9 Å². The van der Waals surface area contributed by atoms with E-state index >= 15 is 0 Å². The molecule has 2 aromatic rings. The molecule has 2 bridgehead atoms. The second kappa shape index (κ2) is 7.17. The molecule has 30 heavy (non-hydrogen) atoms. The molecule has 0 N–H and O–H groups in total. The third-order valence-electron chi connectivity index (χ3n) is 5.70. The lowest BCUT2D eigenvalue weighted by Crippen LogP contribution is -2.57. The summed E-state index contributed by atoms with van der Waals surface area (Å²) in [5, 5.41) is 10.1. The zero-order valence-corrected chi connectivity index (χ0v) is 18.2. The van der Waals surface area contributed by atoms with Crippen molar-refractivity contribution in [2.75, 3.05) is 18.0 Å². The lowest BCUT2D eigenvalue weighted by Gasteiger charge is -2.42. The number of hydrogen-bond donors (Lipinski definition) is 0. The monoisotopic (exact) mass is 429 g/mol. The fourth-order valence-electron chi connectivity index (χ4n) is 4.48. The van der Waals surface area contributed by atoms with Gasteiger partial charge in [-0.15, -0.1) is 0 Å². The highest BCUT2D eigenvalue weighted by Crippen LogP contribution is 2.37. The number of nitrogens with zero attached hydrogens (tertiary/aromatic N) is 5. The summed E-state index contributed by atoms with van der Waals surface area (Å²) in [5.74, 6) is 0. The first-order chi connectivity index (χ1) is 14.1. The predicted molar refractivity (Wildman–Crippen MR) is 114 cm³/mol. The zero-order chi connectivity index (χ0) is 21.8. The Morgan fingerprint density at radius 3 is 2.47 bits per heavy atom. The number of aromatic nitrogens is 2. The van der Waals surface area contributed by atoms with Crippen molar-refractivity contribution in [2.24, 2.45) is 7.05 Å². The molecule has 0 aromatic carbocycles. The van der Waals surface area contributed by atoms with Crippen molar-refractivity contribution in [2.45, 2.75) is 51.3 Å². The average molecular weight is 430 g/mol. The molecule has 0 saturated carbocycles. The normalized spacial score (nSPS) is 21.1. The number of halogens is 1. The summed E-state index contributed by atoms with van der Waals surface area (Å²) in [5.41, 5.74) is 0.741. The molecule has 4 rings (SSSR count). The van der Waals surface area contributed by atoms with Gasteiger partial charge in [0, 0.05) is 20.1 Å². The van der Waals surface area contributed by atoms with Gasteiger partial charge in [0.2, 0.25) is 0 Å². The van der Waals surface area contributed by atoms with Gasteiger partial charge < -0.3 is 14.2 Å². The summed E-state index contributed by atoms with van der Waals surface area (Å²) in [7, 11) is 1.62. The van der Waals surface area contributed by atoms with Crippen LogP contribution in [0.25, 0.3) is 11.0 Å². The Morgan fingerprint density at radius 1 is 1.27 bits per heavy atom. The van der Waals surface area contributed by atoms with Crippen LogP contribution >= 0.6 is 11.6 Å². The van der Waals surface area contributed by atoms with E-state index in [2.05, 4.69) is 11.1 Å². The summed E-state index contributed by atoms with van der Waals surface area (Å²) in [4.78, 5) is 33.9. The standard InChI is InChI=1S/C21H24ClN5O3/c1-21(2,3)30-20(29)27-12-5-6-13(27)11-26(10-12)18-14(9-23)19(28)25(4)15-7-8-16(22)24-17(15)18/h7-8,12-13H,5-6,10-11H2,1-4H3/t12-,13-/m0/s1. The van der Waals surface area contributed by atoms with Crippen molar-refractivity contribution in [3.63, 3.8) is 0 Å². The first-order valence-electron chi connectivity index (χ1n) is 9.96. The van der Waals surface area contributed by atoms with Gasteiger partial charge in [-0.05, 0) is 45.7 Å². The lowest BCUT2D eigenvalue weighted by molar-refractivity contribution is 0.0123. The average Bonchev–Trinajstić information content (AvgIpc) is 2.93. The highest BCUT2D eigenvalue weighted by atomic mass is 35.5. The molecule has 2 aliphatic rings. The maximum Gasteiger partial charge on any atom is 0.410 e. The fraction of sp³-hybridized carbons (Fsp3) is 0.524. The number of nitriles is 1. The molecule has 2 atom stereocenters. The topological polar surface area (TPSA) is 91.5 Å². The summed E-state index contributed by atoms with van der Waals surface area (Å²) in [6.45, 7) is 6.55. The van der Waals surface area contributed by atoms with Gasteiger partial charge in [-0.2, -0.15) is 5.26 Å². The molecule has 2 fully saturated rings. The minimum absolute atomic E-state index is 0.0462. The van der Waals surface area contributed by atoms with Crippen molar-refractivity contribution < 1.29 is 9.53 Å². The molecule has 8 nitrogen and oxygen atoms in total. The van der Waals surface area contributed by atoms with E-state index in [1.54, 1.807) is 19.2 Å². The van der Waals surface area contributed by atoms with Crippen LogP contribution in [0.2, 0.25) is 5.15 Å². The van der Waals surface area contributed by atoms with Crippen molar-refractivity contribution in [1.82, 2.24) is 14.5 Å². The van der Waals surface area contributed by atoms with Gasteiger partial charge in [-0.3, -0.25) is 9.69 Å². The highest BCUT2D eigenvalue weighted by molar-refractivity contribution is 6.29. The minimum atomic E-state index is -0.565. The van der Waals surface area contributed by atoms with Crippen LogP contribution < -0.4 is 10.5 Å². The van der Waals surface area contributed by atoms with Crippen molar-refractivity contribution in [3.8, 4) is 6.07 Å². The summed E-state index contributed by atoms with van der Waals surface area (Å²) in [6, 6.07) is 5.33. The summed E-state index contributed by atoms with van der Waals surface area (Å²) >= 11 is 6.14. The van der Waals surface area contributed by atoms with Crippen LogP contribution in [-0.2, 0) is 11.8 Å². The zero-order valence-electron chi connectivity index (χ0n) is 17.5. The summed E-state index contributed by atoms with van der Waals surface area (Å²) in [6.07, 6.45) is 1.38. The largest absolute Gasteiger partial charge is 0.444 e. The maximum atomic E-state index is 12.8. The van der Waals surface area contributed by atoms with Crippen molar-refractivity contribution in [3.05, 3.63) is 33.2 Å². The van der Waals surface area contributed by atoms with Gasteiger partial charge in [0.05, 0.1) is 23.3 Å². The number of amides is 1. The van der Waals surface area contributed by atoms with Gasteiger partial charge in [0.25, 0.3) is 5.56 Å². The van der Waals surface area contributed by atoms with Crippen LogP contribution in [0.1, 0.15) is 39.2 Å². The molecule has 2 aromatic heterocycles. The molecule has 4 heterocycles. The number of rotatable bonds is 1. The molecule has 2 saturated heterocycles. The molecule has 0 spiro atoms. The third kappa shape index (κ3) is 3.37. The van der Waals surface area contributed by atoms with Crippen LogP contribution in [0.3, 0.4) is 0 Å². The van der Waals surface area contributed by atoms with Gasteiger partial charge in [-0.1, -0.05) is 11.6 Å². The van der Waals surface area contributed by atoms with Crippen LogP contribution in [0.15, 0.2) is 16.9 Å². The van der Waals surface area contributed by atoms with E-state index in [0.717, 1.165) is 12.8 Å². The van der Waals surface area contributed by atoms with Gasteiger partial charge >= 0.3 is 6.09 Å². The molecular weight excluding hydrogens is 406 g/mol. The van der Waals surface area contributed by atoms with Crippen LogP contribution in [-0.4, -0.2) is 51.3 Å². The molecule has 9 heteroatoms.